The van der Waals surface area contributed by atoms with E-state index in [0.717, 1.165) is 18.9 Å². The summed E-state index contributed by atoms with van der Waals surface area (Å²) in [5.74, 6) is -2.27. The Balaban J connectivity index is -0.000000332. The molecule has 0 aliphatic carbocycles. The molecule has 0 aliphatic rings. The summed E-state index contributed by atoms with van der Waals surface area (Å²) in [6.07, 6.45) is 6.01. The monoisotopic (exact) mass is 342 g/mol. The Hall–Kier alpha value is -2.37. The first-order valence-corrected chi connectivity index (χ1v) is 7.68. The van der Waals surface area contributed by atoms with Crippen LogP contribution in [0, 0.1) is 5.92 Å². The van der Waals surface area contributed by atoms with Gasteiger partial charge in [0.2, 0.25) is 0 Å². The average Bonchev–Trinajstić information content (AvgIpc) is 2.51. The highest BCUT2D eigenvalue weighted by Gasteiger charge is 2.11. The van der Waals surface area contributed by atoms with E-state index in [9.17, 15) is 14.4 Å². The summed E-state index contributed by atoms with van der Waals surface area (Å²) >= 11 is 0. The first kappa shape index (κ1) is 26.5. The molecule has 0 aromatic heterocycles. The standard InChI is InChI=1S/C11H20O2.C4H6O2.C3H4O2/c1-4-6-7-10(5-2)8-9(3)11(12)13;1-3(2)4(5)6;1-2-3(4)5/h10H,3-8H2,1-2H3,(H,12,13);1H2,2H3,(H,5,6);2H,1H2,(H,4,5). The summed E-state index contributed by atoms with van der Waals surface area (Å²) in [4.78, 5) is 29.4. The van der Waals surface area contributed by atoms with E-state index in [2.05, 4.69) is 33.6 Å². The molecule has 0 saturated carbocycles. The molecule has 6 heteroatoms. The quantitative estimate of drug-likeness (QED) is 0.543. The van der Waals surface area contributed by atoms with Crippen molar-refractivity contribution in [2.45, 2.75) is 52.9 Å². The zero-order valence-electron chi connectivity index (χ0n) is 14.9. The molecular formula is C18H30O6. The van der Waals surface area contributed by atoms with Gasteiger partial charge < -0.3 is 15.3 Å². The Kier molecular flexibility index (Phi) is 18.8. The lowest BCUT2D eigenvalue weighted by molar-refractivity contribution is -0.133. The molecule has 24 heavy (non-hydrogen) atoms. The van der Waals surface area contributed by atoms with Gasteiger partial charge in [0.25, 0.3) is 0 Å². The second-order valence-electron chi connectivity index (χ2n) is 5.16. The fourth-order valence-electron chi connectivity index (χ4n) is 1.38. The van der Waals surface area contributed by atoms with Gasteiger partial charge in [-0.15, -0.1) is 0 Å². The summed E-state index contributed by atoms with van der Waals surface area (Å²) in [6, 6.07) is 0. The highest BCUT2D eigenvalue weighted by Crippen LogP contribution is 2.20. The van der Waals surface area contributed by atoms with Crippen molar-refractivity contribution in [3.63, 3.8) is 0 Å². The molecule has 0 fully saturated rings. The smallest absolute Gasteiger partial charge is 0.330 e. The van der Waals surface area contributed by atoms with Gasteiger partial charge in [0, 0.05) is 17.2 Å². The number of rotatable bonds is 9. The van der Waals surface area contributed by atoms with Gasteiger partial charge in [-0.1, -0.05) is 59.3 Å². The highest BCUT2D eigenvalue weighted by atomic mass is 16.4. The van der Waals surface area contributed by atoms with Crippen LogP contribution in [0.5, 0.6) is 0 Å². The maximum absolute atomic E-state index is 10.5. The fourth-order valence-corrected chi connectivity index (χ4v) is 1.38. The zero-order valence-corrected chi connectivity index (χ0v) is 14.9. The van der Waals surface area contributed by atoms with Crippen LogP contribution in [0.1, 0.15) is 52.9 Å². The second-order valence-corrected chi connectivity index (χ2v) is 5.16. The number of carboxylic acid groups (broad SMARTS) is 3. The Labute approximate surface area is 144 Å². The Bertz CT molecular complexity index is 425. The zero-order chi connectivity index (χ0) is 19.7. The number of aliphatic carboxylic acids is 3. The van der Waals surface area contributed by atoms with Gasteiger partial charge in [-0.25, -0.2) is 14.4 Å². The van der Waals surface area contributed by atoms with Crippen molar-refractivity contribution >= 4 is 17.9 Å². The van der Waals surface area contributed by atoms with E-state index in [0.29, 0.717) is 17.9 Å². The van der Waals surface area contributed by atoms with E-state index in [1.807, 2.05) is 0 Å². The summed E-state index contributed by atoms with van der Waals surface area (Å²) in [5, 5.41) is 24.1. The van der Waals surface area contributed by atoms with Gasteiger partial charge in [0.15, 0.2) is 0 Å². The van der Waals surface area contributed by atoms with Crippen molar-refractivity contribution in [3.8, 4) is 0 Å². The van der Waals surface area contributed by atoms with E-state index < -0.39 is 17.9 Å². The maximum Gasteiger partial charge on any atom is 0.330 e. The number of hydrogen-bond donors (Lipinski definition) is 3. The predicted octanol–water partition coefficient (Wildman–Crippen LogP) is 4.14. The summed E-state index contributed by atoms with van der Waals surface area (Å²) in [6.45, 7) is 15.4. The van der Waals surface area contributed by atoms with Gasteiger partial charge in [-0.2, -0.15) is 0 Å². The highest BCUT2D eigenvalue weighted by molar-refractivity contribution is 5.85. The van der Waals surface area contributed by atoms with Crippen LogP contribution in [0.25, 0.3) is 0 Å². The number of unbranched alkanes of at least 4 members (excludes halogenated alkanes) is 1. The van der Waals surface area contributed by atoms with Crippen molar-refractivity contribution in [3.05, 3.63) is 37.0 Å². The largest absolute Gasteiger partial charge is 0.478 e. The molecule has 0 saturated heterocycles. The van der Waals surface area contributed by atoms with E-state index in [1.165, 1.54) is 19.8 Å². The lowest BCUT2D eigenvalue weighted by atomic mass is 9.92. The van der Waals surface area contributed by atoms with Gasteiger partial charge >= 0.3 is 17.9 Å². The predicted molar refractivity (Wildman–Crippen MR) is 95.0 cm³/mol. The minimum Gasteiger partial charge on any atom is -0.478 e. The van der Waals surface area contributed by atoms with Crippen molar-refractivity contribution in [2.75, 3.05) is 0 Å². The SMILES string of the molecule is C=C(C)C(=O)O.C=C(CC(CC)CCCC)C(=O)O.C=CC(=O)O. The van der Waals surface area contributed by atoms with Crippen LogP contribution in [0.4, 0.5) is 0 Å². The van der Waals surface area contributed by atoms with Gasteiger partial charge in [0.1, 0.15) is 0 Å². The van der Waals surface area contributed by atoms with Crippen LogP contribution in [-0.4, -0.2) is 33.2 Å². The molecule has 1 atom stereocenters. The third-order valence-corrected chi connectivity index (χ3v) is 2.92. The minimum absolute atomic E-state index is 0.176. The molecule has 3 N–H and O–H groups in total. The molecule has 6 nitrogen and oxygen atoms in total. The van der Waals surface area contributed by atoms with E-state index in [-0.39, 0.29) is 5.57 Å². The summed E-state index contributed by atoms with van der Waals surface area (Å²) < 4.78 is 0. The van der Waals surface area contributed by atoms with Gasteiger partial charge in [-0.3, -0.25) is 0 Å². The first-order valence-electron chi connectivity index (χ1n) is 7.68. The van der Waals surface area contributed by atoms with Crippen molar-refractivity contribution in [1.82, 2.24) is 0 Å². The molecular weight excluding hydrogens is 312 g/mol. The van der Waals surface area contributed by atoms with Crippen LogP contribution in [0.2, 0.25) is 0 Å². The van der Waals surface area contributed by atoms with E-state index in [1.54, 1.807) is 0 Å². The van der Waals surface area contributed by atoms with Gasteiger partial charge in [-0.05, 0) is 19.3 Å². The lowest BCUT2D eigenvalue weighted by Gasteiger charge is -2.13. The van der Waals surface area contributed by atoms with Crippen molar-refractivity contribution in [2.24, 2.45) is 5.92 Å². The molecule has 0 aromatic carbocycles. The summed E-state index contributed by atoms with van der Waals surface area (Å²) in [5.41, 5.74) is 0.526. The maximum atomic E-state index is 10.5. The first-order chi connectivity index (χ1) is 11.0. The molecule has 0 aromatic rings. The number of hydrogen-bond acceptors (Lipinski definition) is 3. The molecule has 138 valence electrons. The van der Waals surface area contributed by atoms with Crippen LogP contribution >= 0.6 is 0 Å². The molecule has 0 amide bonds. The van der Waals surface area contributed by atoms with Crippen LogP contribution in [0.15, 0.2) is 37.0 Å². The third-order valence-electron chi connectivity index (χ3n) is 2.92. The lowest BCUT2D eigenvalue weighted by Crippen LogP contribution is -2.06. The fraction of sp³-hybridized carbons (Fsp3) is 0.500. The molecule has 0 bridgehead atoms. The topological polar surface area (TPSA) is 112 Å². The van der Waals surface area contributed by atoms with Crippen molar-refractivity contribution < 1.29 is 29.7 Å². The normalized spacial score (nSPS) is 9.96. The van der Waals surface area contributed by atoms with Crippen LogP contribution in [-0.2, 0) is 14.4 Å². The molecule has 0 rings (SSSR count). The Morgan fingerprint density at radius 1 is 1.04 bits per heavy atom. The van der Waals surface area contributed by atoms with Gasteiger partial charge in [0.05, 0.1) is 0 Å². The molecule has 0 heterocycles. The molecule has 0 spiro atoms. The van der Waals surface area contributed by atoms with Crippen LogP contribution < -0.4 is 0 Å². The van der Waals surface area contributed by atoms with E-state index in [4.69, 9.17) is 15.3 Å². The van der Waals surface area contributed by atoms with Crippen molar-refractivity contribution in [1.29, 1.82) is 0 Å². The molecule has 0 aliphatic heterocycles. The number of carbonyl (C=O) groups is 3. The Morgan fingerprint density at radius 2 is 1.46 bits per heavy atom. The average molecular weight is 342 g/mol. The Morgan fingerprint density at radius 3 is 1.67 bits per heavy atom. The van der Waals surface area contributed by atoms with E-state index >= 15 is 0 Å². The summed E-state index contributed by atoms with van der Waals surface area (Å²) in [7, 11) is 0. The minimum atomic E-state index is -0.981. The molecule has 0 radical (unpaired) electrons. The number of carboxylic acids is 3. The van der Waals surface area contributed by atoms with Crippen LogP contribution in [0.3, 0.4) is 0 Å². The second kappa shape index (κ2) is 17.0. The molecule has 1 unspecified atom stereocenters. The third kappa shape index (κ3) is 21.9.